The Morgan fingerprint density at radius 2 is 1.76 bits per heavy atom. The quantitative estimate of drug-likeness (QED) is 0.432. The summed E-state index contributed by atoms with van der Waals surface area (Å²) in [5.41, 5.74) is 8.45. The zero-order valence-corrected chi connectivity index (χ0v) is 14.0. The van der Waals surface area contributed by atoms with E-state index in [0.29, 0.717) is 17.1 Å². The van der Waals surface area contributed by atoms with Gasteiger partial charge in [-0.25, -0.2) is 0 Å². The molecular weight excluding hydrogens is 316 g/mol. The largest absolute Gasteiger partial charge is 0.451 e. The number of amidine groups is 1. The second-order valence-corrected chi connectivity index (χ2v) is 5.61. The van der Waals surface area contributed by atoms with E-state index in [1.165, 1.54) is 0 Å². The zero-order valence-electron chi connectivity index (χ0n) is 14.0. The number of anilines is 1. The van der Waals surface area contributed by atoms with Crippen LogP contribution in [-0.4, -0.2) is 17.5 Å². The third-order valence-electron chi connectivity index (χ3n) is 3.57. The number of benzene rings is 2. The van der Waals surface area contributed by atoms with Crippen LogP contribution in [0.2, 0.25) is 0 Å². The minimum absolute atomic E-state index is 0.274. The molecule has 6 heteroatoms. The van der Waals surface area contributed by atoms with Crippen LogP contribution in [0.5, 0.6) is 0 Å². The maximum absolute atomic E-state index is 12.3. The Balaban J connectivity index is 1.73. The van der Waals surface area contributed by atoms with E-state index in [9.17, 15) is 4.79 Å². The molecule has 0 radical (unpaired) electrons. The molecule has 6 nitrogen and oxygen atoms in total. The molecule has 0 saturated heterocycles. The van der Waals surface area contributed by atoms with Crippen LogP contribution in [0.4, 0.5) is 5.69 Å². The average molecular weight is 334 g/mol. The Bertz CT molecular complexity index is 932. The van der Waals surface area contributed by atoms with Crippen molar-refractivity contribution in [2.75, 3.05) is 5.32 Å². The van der Waals surface area contributed by atoms with Gasteiger partial charge in [-0.15, -0.1) is 5.10 Å². The van der Waals surface area contributed by atoms with Crippen molar-refractivity contribution in [3.05, 3.63) is 65.9 Å². The molecule has 25 heavy (non-hydrogen) atoms. The molecule has 1 amide bonds. The van der Waals surface area contributed by atoms with E-state index >= 15 is 0 Å². The molecule has 0 aliphatic carbocycles. The lowest BCUT2D eigenvalue weighted by molar-refractivity contribution is 0.0998. The lowest BCUT2D eigenvalue weighted by Gasteiger charge is -2.04. The summed E-state index contributed by atoms with van der Waals surface area (Å²) in [5, 5.41) is 11.6. The number of nitrogens with two attached hydrogens (primary N) is 1. The van der Waals surface area contributed by atoms with Gasteiger partial charge in [0.05, 0.1) is 5.71 Å². The van der Waals surface area contributed by atoms with Gasteiger partial charge in [-0.2, -0.15) is 5.10 Å². The van der Waals surface area contributed by atoms with Gasteiger partial charge in [0.25, 0.3) is 5.91 Å². The second kappa shape index (κ2) is 7.00. The SMILES string of the molecule is CC(N)=N/N=C(\C)c1ccc(NC(=O)c2cc3ccccc3o2)cc1. The molecule has 3 N–H and O–H groups in total. The molecule has 3 rings (SSSR count). The Kier molecular flexibility index (Phi) is 4.61. The van der Waals surface area contributed by atoms with E-state index in [1.54, 1.807) is 25.1 Å². The van der Waals surface area contributed by atoms with Gasteiger partial charge in [-0.3, -0.25) is 4.79 Å². The number of carbonyl (C=O) groups excluding carboxylic acids is 1. The normalized spacial score (nSPS) is 12.4. The van der Waals surface area contributed by atoms with E-state index in [-0.39, 0.29) is 11.7 Å². The van der Waals surface area contributed by atoms with E-state index in [2.05, 4.69) is 15.5 Å². The molecule has 126 valence electrons. The van der Waals surface area contributed by atoms with Crippen LogP contribution in [0.25, 0.3) is 11.0 Å². The lowest BCUT2D eigenvalue weighted by Crippen LogP contribution is -2.10. The van der Waals surface area contributed by atoms with Gasteiger partial charge in [0, 0.05) is 11.1 Å². The molecule has 3 aromatic rings. The Labute approximate surface area is 145 Å². The first-order valence-corrected chi connectivity index (χ1v) is 7.77. The molecule has 0 unspecified atom stereocenters. The Hall–Kier alpha value is -3.41. The van der Waals surface area contributed by atoms with Crippen molar-refractivity contribution in [3.63, 3.8) is 0 Å². The van der Waals surface area contributed by atoms with Crippen molar-refractivity contribution < 1.29 is 9.21 Å². The third-order valence-corrected chi connectivity index (χ3v) is 3.57. The second-order valence-electron chi connectivity index (χ2n) is 5.61. The molecule has 0 aliphatic heterocycles. The van der Waals surface area contributed by atoms with Crippen LogP contribution in [0, 0.1) is 0 Å². The molecule has 2 aromatic carbocycles. The van der Waals surface area contributed by atoms with E-state index in [1.807, 2.05) is 43.3 Å². The molecule has 0 aliphatic rings. The van der Waals surface area contributed by atoms with E-state index in [0.717, 1.165) is 16.7 Å². The molecule has 0 spiro atoms. The van der Waals surface area contributed by atoms with Crippen LogP contribution >= 0.6 is 0 Å². The maximum Gasteiger partial charge on any atom is 0.291 e. The monoisotopic (exact) mass is 334 g/mol. The molecule has 0 saturated carbocycles. The highest BCUT2D eigenvalue weighted by molar-refractivity contribution is 6.05. The summed E-state index contributed by atoms with van der Waals surface area (Å²) >= 11 is 0. The fraction of sp³-hybridized carbons (Fsp3) is 0.105. The van der Waals surface area contributed by atoms with Gasteiger partial charge in [0.15, 0.2) is 5.76 Å². The van der Waals surface area contributed by atoms with Gasteiger partial charge >= 0.3 is 0 Å². The smallest absolute Gasteiger partial charge is 0.291 e. The first kappa shape index (κ1) is 16.4. The Morgan fingerprint density at radius 3 is 2.44 bits per heavy atom. The van der Waals surface area contributed by atoms with Crippen molar-refractivity contribution in [3.8, 4) is 0 Å². The number of furan rings is 1. The summed E-state index contributed by atoms with van der Waals surface area (Å²) in [7, 11) is 0. The number of amides is 1. The van der Waals surface area contributed by atoms with Crippen LogP contribution in [-0.2, 0) is 0 Å². The average Bonchev–Trinajstić information content (AvgIpc) is 3.04. The summed E-state index contributed by atoms with van der Waals surface area (Å²) in [5.74, 6) is 0.377. The molecular formula is C19H18N4O2. The molecule has 1 heterocycles. The summed E-state index contributed by atoms with van der Waals surface area (Å²) in [6.07, 6.45) is 0. The number of carbonyl (C=O) groups is 1. The van der Waals surface area contributed by atoms with E-state index < -0.39 is 0 Å². The highest BCUT2D eigenvalue weighted by Crippen LogP contribution is 2.20. The first-order valence-electron chi connectivity index (χ1n) is 7.77. The summed E-state index contributed by atoms with van der Waals surface area (Å²) in [6, 6.07) is 16.5. The number of para-hydroxylation sites is 1. The minimum atomic E-state index is -0.294. The summed E-state index contributed by atoms with van der Waals surface area (Å²) in [4.78, 5) is 12.3. The summed E-state index contributed by atoms with van der Waals surface area (Å²) < 4.78 is 5.56. The van der Waals surface area contributed by atoms with Gasteiger partial charge in [0.2, 0.25) is 0 Å². The van der Waals surface area contributed by atoms with Crippen molar-refractivity contribution in [1.29, 1.82) is 0 Å². The fourth-order valence-electron chi connectivity index (χ4n) is 2.29. The van der Waals surface area contributed by atoms with Crippen LogP contribution in [0.3, 0.4) is 0 Å². The number of rotatable bonds is 4. The van der Waals surface area contributed by atoms with E-state index in [4.69, 9.17) is 10.2 Å². The number of hydrogen-bond acceptors (Lipinski definition) is 4. The van der Waals surface area contributed by atoms with Crippen LogP contribution in [0.15, 0.2) is 69.2 Å². The van der Waals surface area contributed by atoms with Crippen LogP contribution < -0.4 is 11.1 Å². The topological polar surface area (TPSA) is 93.0 Å². The number of fused-ring (bicyclic) bond motifs is 1. The van der Waals surface area contributed by atoms with Crippen LogP contribution in [0.1, 0.15) is 30.0 Å². The number of hydrogen-bond donors (Lipinski definition) is 2. The van der Waals surface area contributed by atoms with Gasteiger partial charge in [-0.05, 0) is 43.7 Å². The van der Waals surface area contributed by atoms with Gasteiger partial charge in [0.1, 0.15) is 11.4 Å². The van der Waals surface area contributed by atoms with Crippen molar-refractivity contribution in [2.45, 2.75) is 13.8 Å². The zero-order chi connectivity index (χ0) is 17.8. The predicted molar refractivity (Wildman–Crippen MR) is 100 cm³/mol. The van der Waals surface area contributed by atoms with Crippen molar-refractivity contribution in [1.82, 2.24) is 0 Å². The first-order chi connectivity index (χ1) is 12.0. The van der Waals surface area contributed by atoms with Crippen molar-refractivity contribution in [2.24, 2.45) is 15.9 Å². The maximum atomic E-state index is 12.3. The third kappa shape index (κ3) is 3.92. The minimum Gasteiger partial charge on any atom is -0.451 e. The highest BCUT2D eigenvalue weighted by atomic mass is 16.3. The number of nitrogens with zero attached hydrogens (tertiary/aromatic N) is 2. The fourth-order valence-corrected chi connectivity index (χ4v) is 2.29. The van der Waals surface area contributed by atoms with Gasteiger partial charge in [-0.1, -0.05) is 30.3 Å². The highest BCUT2D eigenvalue weighted by Gasteiger charge is 2.12. The van der Waals surface area contributed by atoms with Gasteiger partial charge < -0.3 is 15.5 Å². The Morgan fingerprint density at radius 1 is 1.04 bits per heavy atom. The molecule has 1 aromatic heterocycles. The standard InChI is InChI=1S/C19H18N4O2/c1-12(22-23-13(2)20)14-7-9-16(10-8-14)21-19(24)18-11-15-5-3-4-6-17(15)25-18/h3-11H,1-2H3,(H2,20,23)(H,21,24)/b22-12+. The molecule has 0 atom stereocenters. The lowest BCUT2D eigenvalue weighted by atomic mass is 10.1. The molecule has 0 fully saturated rings. The summed E-state index contributed by atoms with van der Waals surface area (Å²) in [6.45, 7) is 3.52. The number of nitrogens with one attached hydrogen (secondary N) is 1. The predicted octanol–water partition coefficient (Wildman–Crippen LogP) is 3.79. The van der Waals surface area contributed by atoms with Crippen molar-refractivity contribution >= 4 is 34.1 Å². The molecule has 0 bridgehead atoms.